The van der Waals surface area contributed by atoms with Gasteiger partial charge < -0.3 is 5.11 Å². The van der Waals surface area contributed by atoms with Crippen LogP contribution in [0.5, 0.6) is 5.75 Å². The lowest BCUT2D eigenvalue weighted by Gasteiger charge is -2.20. The minimum absolute atomic E-state index is 0.277. The molecule has 0 aliphatic rings. The lowest BCUT2D eigenvalue weighted by atomic mass is 10.2. The van der Waals surface area contributed by atoms with E-state index in [4.69, 9.17) is 5.11 Å². The quantitative estimate of drug-likeness (QED) is 0.804. The average Bonchev–Trinajstić information content (AvgIpc) is 2.24. The molecule has 0 heterocycles. The van der Waals surface area contributed by atoms with Crippen LogP contribution in [0, 0.1) is 5.82 Å². The zero-order chi connectivity index (χ0) is 12.0. The van der Waals surface area contributed by atoms with Gasteiger partial charge in [0.1, 0.15) is 0 Å². The van der Waals surface area contributed by atoms with Gasteiger partial charge in [-0.15, -0.1) is 0 Å². The van der Waals surface area contributed by atoms with E-state index in [0.29, 0.717) is 0 Å². The van der Waals surface area contributed by atoms with Crippen molar-refractivity contribution in [1.29, 1.82) is 0 Å². The van der Waals surface area contributed by atoms with E-state index in [1.165, 1.54) is 12.1 Å². The molecule has 0 fully saturated rings. The van der Waals surface area contributed by atoms with Crippen LogP contribution in [0.15, 0.2) is 18.2 Å². The predicted molar refractivity (Wildman–Crippen MR) is 63.9 cm³/mol. The molecule has 0 unspecified atom stereocenters. The van der Waals surface area contributed by atoms with Crippen LogP contribution in [0.3, 0.4) is 0 Å². The number of halogens is 1. The number of phenolic OH excluding ortho intramolecular Hbond substituents is 1. The SMILES string of the molecule is CCCN(CCC)Cc1ccc(O)c(F)c1. The molecule has 0 spiro atoms. The van der Waals surface area contributed by atoms with Crippen molar-refractivity contribution in [3.8, 4) is 5.75 Å². The molecule has 0 amide bonds. The summed E-state index contributed by atoms with van der Waals surface area (Å²) >= 11 is 0. The van der Waals surface area contributed by atoms with Gasteiger partial charge in [-0.25, -0.2) is 4.39 Å². The summed E-state index contributed by atoms with van der Waals surface area (Å²) in [5.41, 5.74) is 0.914. The van der Waals surface area contributed by atoms with Crippen LogP contribution in [-0.4, -0.2) is 23.1 Å². The number of aromatic hydroxyl groups is 1. The Morgan fingerprint density at radius 1 is 1.19 bits per heavy atom. The monoisotopic (exact) mass is 225 g/mol. The van der Waals surface area contributed by atoms with Gasteiger partial charge in [0.25, 0.3) is 0 Å². The lowest BCUT2D eigenvalue weighted by molar-refractivity contribution is 0.266. The molecule has 3 heteroatoms. The average molecular weight is 225 g/mol. The van der Waals surface area contributed by atoms with Crippen molar-refractivity contribution >= 4 is 0 Å². The zero-order valence-electron chi connectivity index (χ0n) is 10.0. The van der Waals surface area contributed by atoms with Gasteiger partial charge in [-0.2, -0.15) is 0 Å². The molecule has 2 nitrogen and oxygen atoms in total. The highest BCUT2D eigenvalue weighted by molar-refractivity contribution is 5.27. The minimum Gasteiger partial charge on any atom is -0.505 e. The van der Waals surface area contributed by atoms with Crippen LogP contribution < -0.4 is 0 Å². The molecule has 0 aliphatic carbocycles. The molecule has 0 saturated carbocycles. The van der Waals surface area contributed by atoms with Crippen LogP contribution in [0.4, 0.5) is 4.39 Å². The molecule has 0 atom stereocenters. The van der Waals surface area contributed by atoms with Crippen LogP contribution in [0.2, 0.25) is 0 Å². The van der Waals surface area contributed by atoms with Gasteiger partial charge >= 0.3 is 0 Å². The summed E-state index contributed by atoms with van der Waals surface area (Å²) in [6.45, 7) is 7.08. The molecule has 90 valence electrons. The number of hydrogen-bond donors (Lipinski definition) is 1. The first-order valence-electron chi connectivity index (χ1n) is 5.87. The summed E-state index contributed by atoms with van der Waals surface area (Å²) in [7, 11) is 0. The first-order chi connectivity index (χ1) is 7.67. The maximum absolute atomic E-state index is 13.1. The van der Waals surface area contributed by atoms with E-state index in [2.05, 4.69) is 18.7 Å². The Balaban J connectivity index is 2.65. The van der Waals surface area contributed by atoms with Crippen LogP contribution in [0.1, 0.15) is 32.3 Å². The van der Waals surface area contributed by atoms with Crippen LogP contribution >= 0.6 is 0 Å². The van der Waals surface area contributed by atoms with Gasteiger partial charge in [-0.3, -0.25) is 4.90 Å². The molecule has 0 aromatic heterocycles. The van der Waals surface area contributed by atoms with Crippen LogP contribution in [0.25, 0.3) is 0 Å². The number of hydrogen-bond acceptors (Lipinski definition) is 2. The Hall–Kier alpha value is -1.09. The van der Waals surface area contributed by atoms with Crippen molar-refractivity contribution in [2.75, 3.05) is 13.1 Å². The van der Waals surface area contributed by atoms with E-state index in [1.54, 1.807) is 6.07 Å². The molecule has 0 bridgehead atoms. The third-order valence-corrected chi connectivity index (χ3v) is 2.50. The van der Waals surface area contributed by atoms with Gasteiger partial charge in [-0.1, -0.05) is 19.9 Å². The first-order valence-corrected chi connectivity index (χ1v) is 5.87. The van der Waals surface area contributed by atoms with Crippen molar-refractivity contribution in [3.63, 3.8) is 0 Å². The Morgan fingerprint density at radius 3 is 2.31 bits per heavy atom. The maximum atomic E-state index is 13.1. The fourth-order valence-electron chi connectivity index (χ4n) is 1.81. The second kappa shape index (κ2) is 6.48. The normalized spacial score (nSPS) is 11.0. The summed E-state index contributed by atoms with van der Waals surface area (Å²) in [6, 6.07) is 4.60. The summed E-state index contributed by atoms with van der Waals surface area (Å²) in [5, 5.41) is 9.10. The maximum Gasteiger partial charge on any atom is 0.165 e. The largest absolute Gasteiger partial charge is 0.505 e. The number of rotatable bonds is 6. The summed E-state index contributed by atoms with van der Waals surface area (Å²) in [4.78, 5) is 2.30. The number of phenols is 1. The fraction of sp³-hybridized carbons (Fsp3) is 0.538. The standard InChI is InChI=1S/C13H20FNO/c1-3-7-15(8-4-2)10-11-5-6-13(16)12(14)9-11/h5-6,9,16H,3-4,7-8,10H2,1-2H3. The molecule has 1 aromatic carbocycles. The molecular formula is C13H20FNO. The van der Waals surface area contributed by atoms with E-state index in [0.717, 1.165) is 38.0 Å². The van der Waals surface area contributed by atoms with Gasteiger partial charge in [0.15, 0.2) is 11.6 Å². The van der Waals surface area contributed by atoms with Gasteiger partial charge in [0, 0.05) is 6.54 Å². The molecule has 1 N–H and O–H groups in total. The Kier molecular flexibility index (Phi) is 5.26. The van der Waals surface area contributed by atoms with E-state index in [-0.39, 0.29) is 5.75 Å². The molecule has 1 rings (SSSR count). The minimum atomic E-state index is -0.537. The lowest BCUT2D eigenvalue weighted by Crippen LogP contribution is -2.24. The highest BCUT2D eigenvalue weighted by atomic mass is 19.1. The van der Waals surface area contributed by atoms with Crippen LogP contribution in [-0.2, 0) is 6.54 Å². The Morgan fingerprint density at radius 2 is 1.81 bits per heavy atom. The van der Waals surface area contributed by atoms with E-state index >= 15 is 0 Å². The second-order valence-corrected chi connectivity index (χ2v) is 4.06. The van der Waals surface area contributed by atoms with Crippen molar-refractivity contribution in [3.05, 3.63) is 29.6 Å². The third kappa shape index (κ3) is 3.81. The molecule has 1 aromatic rings. The van der Waals surface area contributed by atoms with Gasteiger partial charge in [0.05, 0.1) is 0 Å². The van der Waals surface area contributed by atoms with Gasteiger partial charge in [0.2, 0.25) is 0 Å². The second-order valence-electron chi connectivity index (χ2n) is 4.06. The molecule has 0 radical (unpaired) electrons. The number of nitrogens with zero attached hydrogens (tertiary/aromatic N) is 1. The number of benzene rings is 1. The predicted octanol–water partition coefficient (Wildman–Crippen LogP) is 3.15. The highest BCUT2D eigenvalue weighted by Gasteiger charge is 2.06. The molecular weight excluding hydrogens is 205 g/mol. The van der Waals surface area contributed by atoms with E-state index < -0.39 is 5.82 Å². The van der Waals surface area contributed by atoms with Crippen molar-refractivity contribution in [2.45, 2.75) is 33.2 Å². The summed E-state index contributed by atoms with van der Waals surface area (Å²) in [5.74, 6) is -0.813. The van der Waals surface area contributed by atoms with Crippen molar-refractivity contribution in [1.82, 2.24) is 4.90 Å². The highest BCUT2D eigenvalue weighted by Crippen LogP contribution is 2.17. The first kappa shape index (κ1) is 13.0. The van der Waals surface area contributed by atoms with E-state index in [9.17, 15) is 4.39 Å². The summed E-state index contributed by atoms with van der Waals surface area (Å²) in [6.07, 6.45) is 2.20. The Bertz CT molecular complexity index is 322. The topological polar surface area (TPSA) is 23.5 Å². The van der Waals surface area contributed by atoms with Crippen molar-refractivity contribution < 1.29 is 9.50 Å². The third-order valence-electron chi connectivity index (χ3n) is 2.50. The fourth-order valence-corrected chi connectivity index (χ4v) is 1.81. The molecule has 0 aliphatic heterocycles. The zero-order valence-corrected chi connectivity index (χ0v) is 10.0. The summed E-state index contributed by atoms with van der Waals surface area (Å²) < 4.78 is 13.1. The smallest absolute Gasteiger partial charge is 0.165 e. The van der Waals surface area contributed by atoms with Gasteiger partial charge in [-0.05, 0) is 43.6 Å². The van der Waals surface area contributed by atoms with Crippen molar-refractivity contribution in [2.24, 2.45) is 0 Å². The Labute approximate surface area is 96.7 Å². The van der Waals surface area contributed by atoms with E-state index in [1.807, 2.05) is 0 Å². The molecule has 0 saturated heterocycles. The molecule has 16 heavy (non-hydrogen) atoms.